The van der Waals surface area contributed by atoms with Crippen LogP contribution in [0.4, 0.5) is 0 Å². The first-order chi connectivity index (χ1) is 14.7. The van der Waals surface area contributed by atoms with Crippen LogP contribution in [0.3, 0.4) is 0 Å². The van der Waals surface area contributed by atoms with E-state index in [1.165, 1.54) is 30.4 Å². The van der Waals surface area contributed by atoms with E-state index in [-0.39, 0.29) is 11.9 Å². The molecule has 1 heterocycles. The Bertz CT molecular complexity index is 944. The van der Waals surface area contributed by atoms with Crippen LogP contribution >= 0.6 is 0 Å². The van der Waals surface area contributed by atoms with Crippen molar-refractivity contribution in [2.75, 3.05) is 0 Å². The average molecular weight is 404 g/mol. The van der Waals surface area contributed by atoms with Crippen molar-refractivity contribution >= 4 is 5.91 Å². The van der Waals surface area contributed by atoms with Gasteiger partial charge in [-0.15, -0.1) is 0 Å². The number of carbonyl (C=O) groups excluding carboxylic acids is 1. The normalized spacial score (nSPS) is 14.6. The minimum Gasteiger partial charge on any atom is -0.337 e. The summed E-state index contributed by atoms with van der Waals surface area (Å²) in [6.45, 7) is 2.44. The summed E-state index contributed by atoms with van der Waals surface area (Å²) in [7, 11) is 0. The topological polar surface area (TPSA) is 59.2 Å². The Morgan fingerprint density at radius 3 is 2.50 bits per heavy atom. The predicted molar refractivity (Wildman–Crippen MR) is 117 cm³/mol. The third-order valence-electron chi connectivity index (χ3n) is 5.89. The molecule has 1 aliphatic rings. The highest BCUT2D eigenvalue weighted by Crippen LogP contribution is 2.25. The van der Waals surface area contributed by atoms with Crippen molar-refractivity contribution in [3.05, 3.63) is 71.6 Å². The molecule has 2 aromatic carbocycles. The van der Waals surface area contributed by atoms with Gasteiger partial charge in [-0.3, -0.25) is 4.79 Å². The van der Waals surface area contributed by atoms with Crippen LogP contribution in [0.1, 0.15) is 55.5 Å². The molecule has 1 amide bonds. The van der Waals surface area contributed by atoms with Crippen molar-refractivity contribution < 1.29 is 9.32 Å². The van der Waals surface area contributed by atoms with Gasteiger partial charge in [0.15, 0.2) is 0 Å². The molecular formula is C25H29N3O2. The lowest BCUT2D eigenvalue weighted by Crippen LogP contribution is -2.41. The quantitative estimate of drug-likeness (QED) is 0.534. The molecule has 0 spiro atoms. The summed E-state index contributed by atoms with van der Waals surface area (Å²) in [4.78, 5) is 19.7. The van der Waals surface area contributed by atoms with Crippen molar-refractivity contribution in [2.24, 2.45) is 0 Å². The van der Waals surface area contributed by atoms with Crippen molar-refractivity contribution in [3.63, 3.8) is 0 Å². The first-order valence-electron chi connectivity index (χ1n) is 10.9. The monoisotopic (exact) mass is 403 g/mol. The van der Waals surface area contributed by atoms with E-state index >= 15 is 0 Å². The molecule has 5 heteroatoms. The summed E-state index contributed by atoms with van der Waals surface area (Å²) >= 11 is 0. The van der Waals surface area contributed by atoms with Crippen LogP contribution in [0, 0.1) is 6.92 Å². The number of hydrogen-bond donors (Lipinski definition) is 0. The molecule has 0 bridgehead atoms. The van der Waals surface area contributed by atoms with Crippen LogP contribution in [0.2, 0.25) is 0 Å². The molecular weight excluding hydrogens is 374 g/mol. The number of carbonyl (C=O) groups is 1. The van der Waals surface area contributed by atoms with E-state index in [1.54, 1.807) is 0 Å². The lowest BCUT2D eigenvalue weighted by molar-refractivity contribution is -0.135. The highest BCUT2D eigenvalue weighted by molar-refractivity contribution is 5.76. The van der Waals surface area contributed by atoms with E-state index in [9.17, 15) is 4.79 Å². The van der Waals surface area contributed by atoms with Crippen LogP contribution in [0.15, 0.2) is 59.1 Å². The number of aryl methyl sites for hydroxylation is 2. The predicted octanol–water partition coefficient (Wildman–Crippen LogP) is 5.34. The smallest absolute Gasteiger partial charge is 0.246 e. The lowest BCUT2D eigenvalue weighted by atomic mass is 9.93. The summed E-state index contributed by atoms with van der Waals surface area (Å²) in [5.41, 5.74) is 3.30. The molecule has 1 aliphatic carbocycles. The SMILES string of the molecule is Cc1ccc(-c2noc(CN(C(=O)CCc3ccccc3)C3CCCCC3)n2)cc1. The Balaban J connectivity index is 1.47. The van der Waals surface area contributed by atoms with Gasteiger partial charge in [0.2, 0.25) is 17.6 Å². The fourth-order valence-corrected chi connectivity index (χ4v) is 4.14. The first-order valence-corrected chi connectivity index (χ1v) is 10.9. The van der Waals surface area contributed by atoms with Crippen molar-refractivity contribution in [1.82, 2.24) is 15.0 Å². The molecule has 30 heavy (non-hydrogen) atoms. The molecule has 0 aliphatic heterocycles. The molecule has 156 valence electrons. The van der Waals surface area contributed by atoms with Crippen LogP contribution < -0.4 is 0 Å². The van der Waals surface area contributed by atoms with E-state index < -0.39 is 0 Å². The van der Waals surface area contributed by atoms with Gasteiger partial charge in [0.05, 0.1) is 0 Å². The fourth-order valence-electron chi connectivity index (χ4n) is 4.14. The van der Waals surface area contributed by atoms with Crippen LogP contribution in [0.25, 0.3) is 11.4 Å². The van der Waals surface area contributed by atoms with Gasteiger partial charge >= 0.3 is 0 Å². The zero-order valence-corrected chi connectivity index (χ0v) is 17.6. The summed E-state index contributed by atoms with van der Waals surface area (Å²) in [5.74, 6) is 1.25. The number of nitrogens with zero attached hydrogens (tertiary/aromatic N) is 3. The van der Waals surface area contributed by atoms with Crippen LogP contribution in [0.5, 0.6) is 0 Å². The molecule has 0 N–H and O–H groups in total. The van der Waals surface area contributed by atoms with Gasteiger partial charge in [-0.1, -0.05) is 84.6 Å². The summed E-state index contributed by atoms with van der Waals surface area (Å²) in [6.07, 6.45) is 6.95. The number of benzene rings is 2. The van der Waals surface area contributed by atoms with E-state index in [2.05, 4.69) is 29.2 Å². The molecule has 1 aromatic heterocycles. The Hall–Kier alpha value is -2.95. The maximum Gasteiger partial charge on any atom is 0.246 e. The van der Waals surface area contributed by atoms with Gasteiger partial charge < -0.3 is 9.42 Å². The van der Waals surface area contributed by atoms with E-state index in [1.807, 2.05) is 47.4 Å². The third-order valence-corrected chi connectivity index (χ3v) is 5.89. The Labute approximate surface area is 178 Å². The van der Waals surface area contributed by atoms with Gasteiger partial charge in [-0.2, -0.15) is 4.98 Å². The fraction of sp³-hybridized carbons (Fsp3) is 0.400. The van der Waals surface area contributed by atoms with E-state index in [4.69, 9.17) is 4.52 Å². The van der Waals surface area contributed by atoms with Crippen molar-refractivity contribution in [2.45, 2.75) is 64.5 Å². The summed E-state index contributed by atoms with van der Waals surface area (Å²) < 4.78 is 5.53. The van der Waals surface area contributed by atoms with Gasteiger partial charge in [0.1, 0.15) is 6.54 Å². The minimum atomic E-state index is 0.167. The van der Waals surface area contributed by atoms with Gasteiger partial charge in [-0.05, 0) is 31.7 Å². The molecule has 3 aromatic rings. The van der Waals surface area contributed by atoms with E-state index in [0.717, 1.165) is 24.8 Å². The van der Waals surface area contributed by atoms with Gasteiger partial charge in [-0.25, -0.2) is 0 Å². The second-order valence-electron chi connectivity index (χ2n) is 8.18. The van der Waals surface area contributed by atoms with Crippen molar-refractivity contribution in [1.29, 1.82) is 0 Å². The zero-order valence-electron chi connectivity index (χ0n) is 17.6. The Kier molecular flexibility index (Phi) is 6.57. The number of hydrogen-bond acceptors (Lipinski definition) is 4. The number of aromatic nitrogens is 2. The molecule has 5 nitrogen and oxygen atoms in total. The Morgan fingerprint density at radius 1 is 1.03 bits per heavy atom. The van der Waals surface area contributed by atoms with Crippen molar-refractivity contribution in [3.8, 4) is 11.4 Å². The number of amides is 1. The minimum absolute atomic E-state index is 0.167. The molecule has 0 radical (unpaired) electrons. The highest BCUT2D eigenvalue weighted by atomic mass is 16.5. The summed E-state index contributed by atoms with van der Waals surface area (Å²) in [5, 5.41) is 4.14. The second kappa shape index (κ2) is 9.70. The standard InChI is InChI=1S/C25H29N3O2/c1-19-12-15-21(16-13-19)25-26-23(30-27-25)18-28(22-10-6-3-7-11-22)24(29)17-14-20-8-4-2-5-9-20/h2,4-5,8-9,12-13,15-16,22H,3,6-7,10-11,14,17-18H2,1H3. The lowest BCUT2D eigenvalue weighted by Gasteiger charge is -2.33. The van der Waals surface area contributed by atoms with Gasteiger partial charge in [0.25, 0.3) is 0 Å². The molecule has 0 unspecified atom stereocenters. The molecule has 0 saturated heterocycles. The third kappa shape index (κ3) is 5.15. The number of rotatable bonds is 7. The van der Waals surface area contributed by atoms with Crippen LogP contribution in [-0.2, 0) is 17.8 Å². The molecule has 4 rings (SSSR count). The maximum atomic E-state index is 13.2. The van der Waals surface area contributed by atoms with E-state index in [0.29, 0.717) is 24.7 Å². The molecule has 1 saturated carbocycles. The summed E-state index contributed by atoms with van der Waals surface area (Å²) in [6, 6.07) is 18.5. The second-order valence-corrected chi connectivity index (χ2v) is 8.18. The maximum absolute atomic E-state index is 13.2. The Morgan fingerprint density at radius 2 is 1.77 bits per heavy atom. The molecule has 1 fully saturated rings. The van der Waals surface area contributed by atoms with Crippen LogP contribution in [-0.4, -0.2) is 27.0 Å². The average Bonchev–Trinajstić information content (AvgIpc) is 3.26. The molecule has 0 atom stereocenters. The van der Waals surface area contributed by atoms with Gasteiger partial charge in [0, 0.05) is 18.0 Å². The largest absolute Gasteiger partial charge is 0.337 e. The highest BCUT2D eigenvalue weighted by Gasteiger charge is 2.27. The zero-order chi connectivity index (χ0) is 20.8. The first kappa shape index (κ1) is 20.3.